The number of hydrogen-bond acceptors (Lipinski definition) is 4. The van der Waals surface area contributed by atoms with Crippen LogP contribution in [0.5, 0.6) is 5.75 Å². The molecule has 138 valence electrons. The third-order valence-electron chi connectivity index (χ3n) is 5.01. The number of hydrogen-bond donors (Lipinski definition) is 1. The summed E-state index contributed by atoms with van der Waals surface area (Å²) in [7, 11) is 1.64. The van der Waals surface area contributed by atoms with E-state index in [0.717, 1.165) is 30.1 Å². The predicted molar refractivity (Wildman–Crippen MR) is 104 cm³/mol. The smallest absolute Gasteiger partial charge is 0.251 e. The van der Waals surface area contributed by atoms with Gasteiger partial charge in [0.25, 0.3) is 5.91 Å². The topological polar surface area (TPSA) is 54.5 Å². The van der Waals surface area contributed by atoms with Crippen molar-refractivity contribution in [1.29, 1.82) is 0 Å². The van der Waals surface area contributed by atoms with Crippen LogP contribution in [0.25, 0.3) is 0 Å². The fourth-order valence-electron chi connectivity index (χ4n) is 3.47. The van der Waals surface area contributed by atoms with Crippen LogP contribution in [-0.4, -0.2) is 30.6 Å². The molecule has 5 nitrogen and oxygen atoms in total. The van der Waals surface area contributed by atoms with E-state index in [1.807, 2.05) is 30.3 Å². The minimum atomic E-state index is -0.0745. The lowest BCUT2D eigenvalue weighted by molar-refractivity contribution is 0.0951. The normalized spacial score (nSPS) is 17.0. The monoisotopic (exact) mass is 353 g/mol. The number of methoxy groups -OCH3 is 1. The van der Waals surface area contributed by atoms with Gasteiger partial charge in [-0.1, -0.05) is 19.1 Å². The minimum absolute atomic E-state index is 0.0745. The van der Waals surface area contributed by atoms with E-state index in [9.17, 15) is 4.79 Å². The summed E-state index contributed by atoms with van der Waals surface area (Å²) >= 11 is 0. The minimum Gasteiger partial charge on any atom is -0.497 e. The summed E-state index contributed by atoms with van der Waals surface area (Å²) in [6.07, 6.45) is 6.50. The molecule has 1 fully saturated rings. The van der Waals surface area contributed by atoms with Crippen molar-refractivity contribution in [3.63, 3.8) is 0 Å². The molecule has 2 heterocycles. The fraction of sp³-hybridized carbons (Fsp3) is 0.429. The highest BCUT2D eigenvalue weighted by Gasteiger charge is 2.22. The summed E-state index contributed by atoms with van der Waals surface area (Å²) in [6.45, 7) is 3.72. The Morgan fingerprint density at radius 2 is 2.08 bits per heavy atom. The zero-order valence-electron chi connectivity index (χ0n) is 15.6. The molecular weight excluding hydrogens is 326 g/mol. The molecule has 1 unspecified atom stereocenters. The van der Waals surface area contributed by atoms with Gasteiger partial charge in [-0.15, -0.1) is 0 Å². The second-order valence-electron chi connectivity index (χ2n) is 6.68. The molecule has 1 aromatic carbocycles. The maximum atomic E-state index is 12.5. The van der Waals surface area contributed by atoms with E-state index in [0.29, 0.717) is 18.2 Å². The SMILES string of the molecule is CCC1CCCCN1c1cc(C(=O)NCc2ccc(OC)cc2)ccn1. The Balaban J connectivity index is 1.65. The molecule has 0 bridgehead atoms. The number of amides is 1. The first-order chi connectivity index (χ1) is 12.7. The van der Waals surface area contributed by atoms with Crippen LogP contribution < -0.4 is 15.0 Å². The number of pyridine rings is 1. The Bertz CT molecular complexity index is 730. The Kier molecular flexibility index (Phi) is 6.10. The summed E-state index contributed by atoms with van der Waals surface area (Å²) in [4.78, 5) is 19.4. The molecule has 0 radical (unpaired) electrons. The predicted octanol–water partition coefficient (Wildman–Crippen LogP) is 3.79. The van der Waals surface area contributed by atoms with Crippen molar-refractivity contribution in [2.45, 2.75) is 45.2 Å². The first kappa shape index (κ1) is 18.2. The molecule has 1 aromatic heterocycles. The maximum Gasteiger partial charge on any atom is 0.251 e. The van der Waals surface area contributed by atoms with Crippen molar-refractivity contribution < 1.29 is 9.53 Å². The van der Waals surface area contributed by atoms with E-state index < -0.39 is 0 Å². The van der Waals surface area contributed by atoms with Gasteiger partial charge in [-0.3, -0.25) is 4.79 Å². The number of aromatic nitrogens is 1. The van der Waals surface area contributed by atoms with Gasteiger partial charge in [-0.05, 0) is 55.5 Å². The number of anilines is 1. The van der Waals surface area contributed by atoms with Crippen LogP contribution in [0.15, 0.2) is 42.6 Å². The number of benzene rings is 1. The highest BCUT2D eigenvalue weighted by Crippen LogP contribution is 2.25. The summed E-state index contributed by atoms with van der Waals surface area (Å²) in [5.74, 6) is 1.65. The average molecular weight is 353 g/mol. The number of nitrogens with zero attached hydrogens (tertiary/aromatic N) is 2. The van der Waals surface area contributed by atoms with Crippen molar-refractivity contribution in [3.05, 3.63) is 53.7 Å². The molecule has 0 saturated carbocycles. The third-order valence-corrected chi connectivity index (χ3v) is 5.01. The maximum absolute atomic E-state index is 12.5. The summed E-state index contributed by atoms with van der Waals surface area (Å²) < 4.78 is 5.15. The molecule has 1 saturated heterocycles. The van der Waals surface area contributed by atoms with E-state index in [2.05, 4.69) is 22.1 Å². The van der Waals surface area contributed by atoms with E-state index in [4.69, 9.17) is 4.74 Å². The lowest BCUT2D eigenvalue weighted by atomic mass is 10.00. The van der Waals surface area contributed by atoms with Crippen molar-refractivity contribution in [3.8, 4) is 5.75 Å². The first-order valence-electron chi connectivity index (χ1n) is 9.35. The quantitative estimate of drug-likeness (QED) is 0.858. The molecule has 26 heavy (non-hydrogen) atoms. The van der Waals surface area contributed by atoms with Gasteiger partial charge >= 0.3 is 0 Å². The summed E-state index contributed by atoms with van der Waals surface area (Å²) in [5, 5.41) is 2.98. The van der Waals surface area contributed by atoms with Gasteiger partial charge in [-0.25, -0.2) is 4.98 Å². The molecule has 5 heteroatoms. The molecule has 1 N–H and O–H groups in total. The highest BCUT2D eigenvalue weighted by molar-refractivity contribution is 5.94. The molecular formula is C21H27N3O2. The second kappa shape index (κ2) is 8.70. The lowest BCUT2D eigenvalue weighted by Gasteiger charge is -2.36. The molecule has 1 aliphatic heterocycles. The van der Waals surface area contributed by atoms with Gasteiger partial charge in [0.15, 0.2) is 0 Å². The Labute approximate surface area is 155 Å². The molecule has 1 aliphatic rings. The van der Waals surface area contributed by atoms with Crippen molar-refractivity contribution >= 4 is 11.7 Å². The molecule has 1 atom stereocenters. The average Bonchev–Trinajstić information content (AvgIpc) is 2.72. The Morgan fingerprint density at radius 3 is 2.81 bits per heavy atom. The molecule has 1 amide bonds. The summed E-state index contributed by atoms with van der Waals surface area (Å²) in [5.41, 5.74) is 1.69. The van der Waals surface area contributed by atoms with Crippen molar-refractivity contribution in [2.75, 3.05) is 18.6 Å². The van der Waals surface area contributed by atoms with Crippen LogP contribution in [0.1, 0.15) is 48.5 Å². The standard InChI is InChI=1S/C21H27N3O2/c1-3-18-6-4-5-13-24(18)20-14-17(11-12-22-20)21(25)23-15-16-7-9-19(26-2)10-8-16/h7-12,14,18H,3-6,13,15H2,1-2H3,(H,23,25). The Morgan fingerprint density at radius 1 is 1.27 bits per heavy atom. The van der Waals surface area contributed by atoms with E-state index in [-0.39, 0.29) is 5.91 Å². The van der Waals surface area contributed by atoms with Gasteiger partial charge in [-0.2, -0.15) is 0 Å². The van der Waals surface area contributed by atoms with Gasteiger partial charge in [0.1, 0.15) is 11.6 Å². The van der Waals surface area contributed by atoms with Gasteiger partial charge in [0.05, 0.1) is 7.11 Å². The van der Waals surface area contributed by atoms with Crippen LogP contribution in [-0.2, 0) is 6.54 Å². The highest BCUT2D eigenvalue weighted by atomic mass is 16.5. The molecule has 3 rings (SSSR count). The fourth-order valence-corrected chi connectivity index (χ4v) is 3.47. The zero-order valence-corrected chi connectivity index (χ0v) is 15.6. The van der Waals surface area contributed by atoms with E-state index in [1.54, 1.807) is 19.4 Å². The van der Waals surface area contributed by atoms with Gasteiger partial charge < -0.3 is 15.0 Å². The van der Waals surface area contributed by atoms with Crippen molar-refractivity contribution in [1.82, 2.24) is 10.3 Å². The van der Waals surface area contributed by atoms with E-state index >= 15 is 0 Å². The van der Waals surface area contributed by atoms with Crippen LogP contribution >= 0.6 is 0 Å². The summed E-state index contributed by atoms with van der Waals surface area (Å²) in [6, 6.07) is 11.9. The largest absolute Gasteiger partial charge is 0.497 e. The number of rotatable bonds is 6. The molecule has 0 spiro atoms. The molecule has 0 aliphatic carbocycles. The van der Waals surface area contributed by atoms with Crippen LogP contribution in [0.3, 0.4) is 0 Å². The number of nitrogens with one attached hydrogen (secondary N) is 1. The Hall–Kier alpha value is -2.56. The van der Waals surface area contributed by atoms with E-state index in [1.165, 1.54) is 19.3 Å². The van der Waals surface area contributed by atoms with Gasteiger partial charge in [0.2, 0.25) is 0 Å². The number of carbonyl (C=O) groups is 1. The van der Waals surface area contributed by atoms with Crippen molar-refractivity contribution in [2.24, 2.45) is 0 Å². The van der Waals surface area contributed by atoms with Crippen LogP contribution in [0.2, 0.25) is 0 Å². The van der Waals surface area contributed by atoms with Crippen LogP contribution in [0, 0.1) is 0 Å². The second-order valence-corrected chi connectivity index (χ2v) is 6.68. The third kappa shape index (κ3) is 4.34. The first-order valence-corrected chi connectivity index (χ1v) is 9.35. The number of piperidine rings is 1. The number of carbonyl (C=O) groups excluding carboxylic acids is 1. The lowest BCUT2D eigenvalue weighted by Crippen LogP contribution is -2.39. The zero-order chi connectivity index (χ0) is 18.4. The van der Waals surface area contributed by atoms with Crippen LogP contribution in [0.4, 0.5) is 5.82 Å². The van der Waals surface area contributed by atoms with Gasteiger partial charge in [0, 0.05) is 30.9 Å². The molecule has 2 aromatic rings. The number of ether oxygens (including phenoxy) is 1.